The van der Waals surface area contributed by atoms with E-state index in [-0.39, 0.29) is 17.0 Å². The average Bonchev–Trinajstić information content (AvgIpc) is 3.32. The normalized spacial score (nSPS) is 18.8. The van der Waals surface area contributed by atoms with Crippen molar-refractivity contribution < 1.29 is 45.1 Å². The number of nitrogens with zero attached hydrogens (tertiary/aromatic N) is 1. The fourth-order valence-electron chi connectivity index (χ4n) is 3.56. The maximum atomic E-state index is 13.3. The van der Waals surface area contributed by atoms with Gasteiger partial charge in [-0.05, 0) is 36.8 Å². The van der Waals surface area contributed by atoms with Crippen LogP contribution in [0.2, 0.25) is 0 Å². The summed E-state index contributed by atoms with van der Waals surface area (Å²) in [5, 5.41) is 4.62. The van der Waals surface area contributed by atoms with E-state index in [1.54, 1.807) is 0 Å². The minimum absolute atomic E-state index is 0.0548. The van der Waals surface area contributed by atoms with Crippen molar-refractivity contribution in [3.8, 4) is 0 Å². The summed E-state index contributed by atoms with van der Waals surface area (Å²) in [5.74, 6) is -7.35. The minimum Gasteiger partial charge on any atom is -0.459 e. The van der Waals surface area contributed by atoms with Gasteiger partial charge in [0, 0.05) is 17.6 Å². The average molecular weight is 570 g/mol. The number of likely N-dealkylation sites (tertiary alicyclic amines) is 1. The molecule has 3 amide bonds. The van der Waals surface area contributed by atoms with Gasteiger partial charge in [0.15, 0.2) is 5.76 Å². The van der Waals surface area contributed by atoms with E-state index in [0.29, 0.717) is 9.37 Å². The third-order valence-electron chi connectivity index (χ3n) is 5.30. The van der Waals surface area contributed by atoms with E-state index in [1.165, 1.54) is 36.6 Å². The van der Waals surface area contributed by atoms with Gasteiger partial charge >= 0.3 is 12.4 Å². The summed E-state index contributed by atoms with van der Waals surface area (Å²) in [6, 6.07) is 6.68. The highest BCUT2D eigenvalue weighted by Gasteiger charge is 2.52. The van der Waals surface area contributed by atoms with Crippen molar-refractivity contribution in [2.75, 3.05) is 25.0 Å². The Morgan fingerprint density at radius 3 is 2.20 bits per heavy atom. The number of furan rings is 1. The smallest absolute Gasteiger partial charge is 0.393 e. The summed E-state index contributed by atoms with van der Waals surface area (Å²) >= 11 is 3.10. The first-order valence-electron chi connectivity index (χ1n) is 10.1. The largest absolute Gasteiger partial charge is 0.459 e. The number of piperidine rings is 1. The number of amides is 3. The number of benzene rings is 1. The number of rotatable bonds is 5. The number of carbonyl (C=O) groups is 3. The van der Waals surface area contributed by atoms with Gasteiger partial charge in [0.25, 0.3) is 11.8 Å². The second-order valence-corrected chi connectivity index (χ2v) is 8.74. The van der Waals surface area contributed by atoms with E-state index in [0.717, 1.165) is 0 Å². The maximum Gasteiger partial charge on any atom is 0.393 e. The van der Waals surface area contributed by atoms with Crippen LogP contribution in [0.15, 0.2) is 45.5 Å². The fraction of sp³-hybridized carbons (Fsp3) is 0.381. The summed E-state index contributed by atoms with van der Waals surface area (Å²) in [6.07, 6.45) is -9.78. The molecule has 1 aromatic heterocycles. The molecule has 2 atom stereocenters. The SMILES string of the molecule is O=C(CNC(=O)c1ccco1)Nc1ccc(Br)cc1C(=O)N1C[C@H](C(F)(F)F)C[C@H](C(F)(F)F)C1. The van der Waals surface area contributed by atoms with Crippen LogP contribution in [0.1, 0.15) is 27.3 Å². The molecule has 1 aliphatic rings. The number of nitrogens with one attached hydrogen (secondary N) is 2. The number of halogens is 7. The van der Waals surface area contributed by atoms with Crippen LogP contribution in [0, 0.1) is 11.8 Å². The summed E-state index contributed by atoms with van der Waals surface area (Å²) in [6.45, 7) is -2.44. The standard InChI is InChI=1S/C21H18BrF6N3O4/c22-13-3-4-15(30-17(32)8-29-18(33)16-2-1-5-35-16)14(7-13)19(34)31-9-11(20(23,24)25)6-12(10-31)21(26,27)28/h1-5,7,11-12H,6,8-10H2,(H,29,33)(H,30,32)/t11-,12+. The van der Waals surface area contributed by atoms with E-state index in [1.807, 2.05) is 0 Å². The lowest BCUT2D eigenvalue weighted by atomic mass is 9.87. The van der Waals surface area contributed by atoms with Crippen molar-refractivity contribution in [3.05, 3.63) is 52.4 Å². The molecule has 3 rings (SSSR count). The van der Waals surface area contributed by atoms with Gasteiger partial charge in [-0.25, -0.2) is 0 Å². The lowest BCUT2D eigenvalue weighted by Gasteiger charge is -2.39. The third kappa shape index (κ3) is 6.77. The minimum atomic E-state index is -4.93. The number of alkyl halides is 6. The first-order valence-corrected chi connectivity index (χ1v) is 10.9. The molecule has 190 valence electrons. The van der Waals surface area contributed by atoms with Crippen LogP contribution < -0.4 is 10.6 Å². The second kappa shape index (κ2) is 10.3. The van der Waals surface area contributed by atoms with Crippen LogP contribution in [-0.2, 0) is 4.79 Å². The molecule has 1 saturated heterocycles. The molecule has 2 aromatic rings. The predicted molar refractivity (Wildman–Crippen MR) is 113 cm³/mol. The van der Waals surface area contributed by atoms with Crippen LogP contribution in [0.3, 0.4) is 0 Å². The summed E-state index contributed by atoms with van der Waals surface area (Å²) < 4.78 is 85.0. The van der Waals surface area contributed by atoms with E-state index in [9.17, 15) is 40.7 Å². The molecule has 0 spiro atoms. The molecular weight excluding hydrogens is 552 g/mol. The van der Waals surface area contributed by atoms with Crippen molar-refractivity contribution in [2.24, 2.45) is 11.8 Å². The Kier molecular flexibility index (Phi) is 7.82. The van der Waals surface area contributed by atoms with Crippen molar-refractivity contribution in [2.45, 2.75) is 18.8 Å². The monoisotopic (exact) mass is 569 g/mol. The van der Waals surface area contributed by atoms with Gasteiger partial charge in [-0.15, -0.1) is 0 Å². The zero-order valence-electron chi connectivity index (χ0n) is 17.7. The van der Waals surface area contributed by atoms with Crippen LogP contribution in [0.4, 0.5) is 32.0 Å². The fourth-order valence-corrected chi connectivity index (χ4v) is 3.92. The first-order chi connectivity index (χ1) is 16.3. The van der Waals surface area contributed by atoms with E-state index < -0.39 is 68.0 Å². The van der Waals surface area contributed by atoms with E-state index in [2.05, 4.69) is 26.6 Å². The number of hydrogen-bond acceptors (Lipinski definition) is 4. The molecule has 35 heavy (non-hydrogen) atoms. The second-order valence-electron chi connectivity index (χ2n) is 7.82. The van der Waals surface area contributed by atoms with E-state index >= 15 is 0 Å². The van der Waals surface area contributed by atoms with Crippen LogP contribution >= 0.6 is 15.9 Å². The highest BCUT2D eigenvalue weighted by Crippen LogP contribution is 2.42. The molecular formula is C21H18BrF6N3O4. The predicted octanol–water partition coefficient (Wildman–Crippen LogP) is 4.61. The van der Waals surface area contributed by atoms with Gasteiger partial charge in [-0.1, -0.05) is 15.9 Å². The number of anilines is 1. The molecule has 1 aliphatic heterocycles. The van der Waals surface area contributed by atoms with Gasteiger partial charge in [-0.3, -0.25) is 14.4 Å². The van der Waals surface area contributed by atoms with Crippen molar-refractivity contribution in [1.29, 1.82) is 0 Å². The topological polar surface area (TPSA) is 91.6 Å². The van der Waals surface area contributed by atoms with Crippen LogP contribution in [0.25, 0.3) is 0 Å². The highest BCUT2D eigenvalue weighted by atomic mass is 79.9. The van der Waals surface area contributed by atoms with Crippen LogP contribution in [0.5, 0.6) is 0 Å². The number of hydrogen-bond donors (Lipinski definition) is 2. The van der Waals surface area contributed by atoms with Gasteiger partial charge in [0.05, 0.1) is 35.9 Å². The number of carbonyl (C=O) groups excluding carboxylic acids is 3. The van der Waals surface area contributed by atoms with Crippen molar-refractivity contribution in [1.82, 2.24) is 10.2 Å². The molecule has 14 heteroatoms. The molecule has 1 aromatic carbocycles. The Morgan fingerprint density at radius 1 is 1.03 bits per heavy atom. The zero-order chi connectivity index (χ0) is 26.0. The highest BCUT2D eigenvalue weighted by molar-refractivity contribution is 9.10. The van der Waals surface area contributed by atoms with Crippen molar-refractivity contribution in [3.63, 3.8) is 0 Å². The lowest BCUT2D eigenvalue weighted by Crippen LogP contribution is -2.51. The maximum absolute atomic E-state index is 13.3. The quantitative estimate of drug-likeness (QED) is 0.514. The van der Waals surface area contributed by atoms with Gasteiger partial charge in [-0.2, -0.15) is 26.3 Å². The zero-order valence-corrected chi connectivity index (χ0v) is 19.3. The Balaban J connectivity index is 1.78. The van der Waals surface area contributed by atoms with E-state index in [4.69, 9.17) is 4.42 Å². The summed E-state index contributed by atoms with van der Waals surface area (Å²) in [5.41, 5.74) is -0.457. The summed E-state index contributed by atoms with van der Waals surface area (Å²) in [4.78, 5) is 37.7. The first kappa shape index (κ1) is 26.6. The van der Waals surface area contributed by atoms with Gasteiger partial charge in [0.2, 0.25) is 5.91 Å². The Bertz CT molecular complexity index is 1070. The Hall–Kier alpha value is -3.03. The Morgan fingerprint density at radius 2 is 1.66 bits per heavy atom. The molecule has 1 fully saturated rings. The molecule has 0 aliphatic carbocycles. The van der Waals surface area contributed by atoms with Crippen molar-refractivity contribution >= 4 is 39.3 Å². The Labute approximate surface area is 202 Å². The molecule has 2 heterocycles. The molecule has 0 unspecified atom stereocenters. The van der Waals surface area contributed by atoms with Crippen LogP contribution in [-0.4, -0.2) is 54.6 Å². The summed E-state index contributed by atoms with van der Waals surface area (Å²) in [7, 11) is 0. The van der Waals surface area contributed by atoms with Gasteiger partial charge in [0.1, 0.15) is 0 Å². The third-order valence-corrected chi connectivity index (χ3v) is 5.80. The molecule has 0 saturated carbocycles. The molecule has 0 radical (unpaired) electrons. The molecule has 7 nitrogen and oxygen atoms in total. The molecule has 2 N–H and O–H groups in total. The molecule has 0 bridgehead atoms. The lowest BCUT2D eigenvalue weighted by molar-refractivity contribution is -0.226. The van der Waals surface area contributed by atoms with Gasteiger partial charge < -0.3 is 20.0 Å².